The lowest BCUT2D eigenvalue weighted by molar-refractivity contribution is -0.136. The van der Waals surface area contributed by atoms with Crippen LogP contribution in [0.3, 0.4) is 0 Å². The summed E-state index contributed by atoms with van der Waals surface area (Å²) in [5, 5.41) is 5.24. The number of amides is 2. The van der Waals surface area contributed by atoms with E-state index in [9.17, 15) is 9.59 Å². The van der Waals surface area contributed by atoms with Gasteiger partial charge in [-0.2, -0.15) is 0 Å². The highest BCUT2D eigenvalue weighted by Crippen LogP contribution is 2.16. The van der Waals surface area contributed by atoms with E-state index in [-0.39, 0.29) is 0 Å². The van der Waals surface area contributed by atoms with Crippen LogP contribution in [0.1, 0.15) is 57.1 Å². The molecule has 150 valence electrons. The van der Waals surface area contributed by atoms with Crippen LogP contribution in [0.25, 0.3) is 0 Å². The van der Waals surface area contributed by atoms with Crippen molar-refractivity contribution in [2.24, 2.45) is 0 Å². The molecule has 5 nitrogen and oxygen atoms in total. The molecule has 0 radical (unpaired) electrons. The first-order chi connectivity index (χ1) is 13.5. The number of carbonyl (C=O) groups excluding carboxylic acids is 2. The number of unbranched alkanes of at least 4 members (excludes halogenated alkanes) is 2. The van der Waals surface area contributed by atoms with Crippen LogP contribution in [0.15, 0.2) is 48.5 Å². The quantitative estimate of drug-likeness (QED) is 0.491. The van der Waals surface area contributed by atoms with Crippen molar-refractivity contribution >= 4 is 17.5 Å². The molecule has 0 aliphatic rings. The molecule has 2 amide bonds. The molecule has 0 atom stereocenters. The summed E-state index contributed by atoms with van der Waals surface area (Å²) in [6.45, 7) is 7.41. The van der Waals surface area contributed by atoms with Crippen molar-refractivity contribution in [3.63, 3.8) is 0 Å². The van der Waals surface area contributed by atoms with Gasteiger partial charge in [-0.1, -0.05) is 57.9 Å². The molecular weight excluding hydrogens is 352 g/mol. The van der Waals surface area contributed by atoms with Crippen LogP contribution in [-0.4, -0.2) is 18.4 Å². The topological polar surface area (TPSA) is 67.4 Å². The van der Waals surface area contributed by atoms with E-state index in [0.717, 1.165) is 30.6 Å². The number of benzene rings is 2. The van der Waals surface area contributed by atoms with Gasteiger partial charge in [-0.15, -0.1) is 0 Å². The smallest absolute Gasteiger partial charge is 0.313 e. The Morgan fingerprint density at radius 1 is 0.929 bits per heavy atom. The molecule has 0 aromatic heterocycles. The van der Waals surface area contributed by atoms with Crippen LogP contribution in [0.2, 0.25) is 0 Å². The van der Waals surface area contributed by atoms with Gasteiger partial charge in [0.2, 0.25) is 0 Å². The number of hydrogen-bond acceptors (Lipinski definition) is 3. The molecular formula is C23H30N2O3. The summed E-state index contributed by atoms with van der Waals surface area (Å²) < 4.78 is 5.63. The van der Waals surface area contributed by atoms with E-state index in [4.69, 9.17) is 4.74 Å². The minimum Gasteiger partial charge on any atom is -0.494 e. The van der Waals surface area contributed by atoms with Gasteiger partial charge in [0.15, 0.2) is 0 Å². The van der Waals surface area contributed by atoms with Gasteiger partial charge in [0, 0.05) is 12.2 Å². The number of ether oxygens (including phenoxy) is 1. The molecule has 0 saturated heterocycles. The lowest BCUT2D eigenvalue weighted by atomic mass is 10.0. The minimum absolute atomic E-state index is 0.315. The van der Waals surface area contributed by atoms with Crippen LogP contribution in [0.4, 0.5) is 5.69 Å². The van der Waals surface area contributed by atoms with Crippen molar-refractivity contribution in [2.75, 3.05) is 11.9 Å². The van der Waals surface area contributed by atoms with Gasteiger partial charge >= 0.3 is 11.8 Å². The normalized spacial score (nSPS) is 10.6. The fraction of sp³-hybridized carbons (Fsp3) is 0.391. The average Bonchev–Trinajstić information content (AvgIpc) is 2.70. The van der Waals surface area contributed by atoms with Crippen LogP contribution in [0, 0.1) is 0 Å². The first kappa shape index (κ1) is 21.5. The highest BCUT2D eigenvalue weighted by molar-refractivity contribution is 6.39. The predicted molar refractivity (Wildman–Crippen MR) is 112 cm³/mol. The van der Waals surface area contributed by atoms with Crippen molar-refractivity contribution in [3.05, 3.63) is 59.7 Å². The van der Waals surface area contributed by atoms with E-state index in [1.807, 2.05) is 24.3 Å². The van der Waals surface area contributed by atoms with E-state index < -0.39 is 11.8 Å². The van der Waals surface area contributed by atoms with Crippen LogP contribution in [0.5, 0.6) is 5.75 Å². The van der Waals surface area contributed by atoms with Gasteiger partial charge in [-0.3, -0.25) is 9.59 Å². The van der Waals surface area contributed by atoms with Gasteiger partial charge in [-0.05, 0) is 47.7 Å². The summed E-state index contributed by atoms with van der Waals surface area (Å²) in [5.41, 5.74) is 2.75. The second-order valence-electron chi connectivity index (χ2n) is 7.11. The third-order valence-electron chi connectivity index (χ3n) is 4.43. The largest absolute Gasteiger partial charge is 0.494 e. The fourth-order valence-electron chi connectivity index (χ4n) is 2.65. The molecule has 2 N–H and O–H groups in total. The lowest BCUT2D eigenvalue weighted by Crippen LogP contribution is -2.34. The van der Waals surface area contributed by atoms with Crippen molar-refractivity contribution < 1.29 is 14.3 Å². The lowest BCUT2D eigenvalue weighted by Gasteiger charge is -2.09. The Morgan fingerprint density at radius 2 is 1.61 bits per heavy atom. The Kier molecular flexibility index (Phi) is 8.53. The molecule has 0 heterocycles. The van der Waals surface area contributed by atoms with Gasteiger partial charge < -0.3 is 15.4 Å². The Hall–Kier alpha value is -2.82. The number of nitrogens with one attached hydrogen (secondary N) is 2. The Labute approximate surface area is 167 Å². The monoisotopic (exact) mass is 382 g/mol. The van der Waals surface area contributed by atoms with Crippen molar-refractivity contribution in [1.82, 2.24) is 5.32 Å². The van der Waals surface area contributed by atoms with Crippen molar-refractivity contribution in [3.8, 4) is 5.75 Å². The second-order valence-corrected chi connectivity index (χ2v) is 7.11. The number of carbonyl (C=O) groups is 2. The van der Waals surface area contributed by atoms with Crippen molar-refractivity contribution in [1.29, 1.82) is 0 Å². The summed E-state index contributed by atoms with van der Waals surface area (Å²) in [7, 11) is 0. The van der Waals surface area contributed by atoms with Crippen LogP contribution in [-0.2, 0) is 16.1 Å². The molecule has 2 rings (SSSR count). The van der Waals surface area contributed by atoms with Gasteiger partial charge in [0.05, 0.1) is 6.61 Å². The number of hydrogen-bond donors (Lipinski definition) is 2. The first-order valence-corrected chi connectivity index (χ1v) is 9.90. The standard InChI is InChI=1S/C23H30N2O3/c1-4-5-6-15-28-21-13-11-20(12-14-21)25-23(27)22(26)24-16-18-7-9-19(10-8-18)17(2)3/h7-14,17H,4-6,15-16H2,1-3H3,(H,24,26)(H,25,27). The summed E-state index contributed by atoms with van der Waals surface area (Å²) >= 11 is 0. The maximum atomic E-state index is 12.1. The minimum atomic E-state index is -0.685. The Balaban J connectivity index is 1.77. The van der Waals surface area contributed by atoms with E-state index in [1.165, 1.54) is 5.56 Å². The van der Waals surface area contributed by atoms with Crippen molar-refractivity contribution in [2.45, 2.75) is 52.5 Å². The molecule has 0 fully saturated rings. The molecule has 0 spiro atoms. The summed E-state index contributed by atoms with van der Waals surface area (Å²) in [4.78, 5) is 24.1. The molecule has 0 unspecified atom stereocenters. The van der Waals surface area contributed by atoms with E-state index in [1.54, 1.807) is 24.3 Å². The van der Waals surface area contributed by atoms with E-state index >= 15 is 0 Å². The SMILES string of the molecule is CCCCCOc1ccc(NC(=O)C(=O)NCc2ccc(C(C)C)cc2)cc1. The predicted octanol–water partition coefficient (Wildman–Crippen LogP) is 4.63. The van der Waals surface area contributed by atoms with E-state index in [2.05, 4.69) is 31.4 Å². The maximum absolute atomic E-state index is 12.1. The van der Waals surface area contributed by atoms with Crippen LogP contribution < -0.4 is 15.4 Å². The third kappa shape index (κ3) is 7.06. The molecule has 2 aromatic carbocycles. The second kappa shape index (κ2) is 11.1. The number of anilines is 1. The molecule has 2 aromatic rings. The Morgan fingerprint density at radius 3 is 2.21 bits per heavy atom. The van der Waals surface area contributed by atoms with Gasteiger partial charge in [-0.25, -0.2) is 0 Å². The molecule has 0 bridgehead atoms. The first-order valence-electron chi connectivity index (χ1n) is 9.90. The molecule has 28 heavy (non-hydrogen) atoms. The van der Waals surface area contributed by atoms with Gasteiger partial charge in [0.25, 0.3) is 0 Å². The molecule has 5 heteroatoms. The summed E-state index contributed by atoms with van der Waals surface area (Å²) in [6, 6.07) is 15.0. The Bertz CT molecular complexity index is 752. The molecule has 0 aliphatic heterocycles. The molecule has 0 aliphatic carbocycles. The number of rotatable bonds is 9. The third-order valence-corrected chi connectivity index (χ3v) is 4.43. The zero-order chi connectivity index (χ0) is 20.4. The molecule has 0 saturated carbocycles. The summed E-state index contributed by atoms with van der Waals surface area (Å²) in [5.74, 6) is -0.130. The van der Waals surface area contributed by atoms with Gasteiger partial charge in [0.1, 0.15) is 5.75 Å². The average molecular weight is 383 g/mol. The zero-order valence-electron chi connectivity index (χ0n) is 17.0. The zero-order valence-corrected chi connectivity index (χ0v) is 17.0. The highest BCUT2D eigenvalue weighted by atomic mass is 16.5. The van der Waals surface area contributed by atoms with Crippen LogP contribution >= 0.6 is 0 Å². The van der Waals surface area contributed by atoms with E-state index in [0.29, 0.717) is 24.8 Å². The maximum Gasteiger partial charge on any atom is 0.313 e. The summed E-state index contributed by atoms with van der Waals surface area (Å²) in [6.07, 6.45) is 3.32. The highest BCUT2D eigenvalue weighted by Gasteiger charge is 2.13. The fourth-order valence-corrected chi connectivity index (χ4v) is 2.65.